The number of carboxylic acid groups (broad SMARTS) is 1. The van der Waals surface area contributed by atoms with Gasteiger partial charge in [-0.15, -0.1) is 0 Å². The number of aromatic nitrogens is 1. The van der Waals surface area contributed by atoms with Crippen LogP contribution in [0.3, 0.4) is 0 Å². The first-order valence-corrected chi connectivity index (χ1v) is 7.55. The Hall–Kier alpha value is -3.08. The predicted molar refractivity (Wildman–Crippen MR) is 90.4 cm³/mol. The van der Waals surface area contributed by atoms with Crippen molar-refractivity contribution >= 4 is 16.9 Å². The normalized spacial score (nSPS) is 10.5. The first kappa shape index (κ1) is 15.8. The molecule has 0 saturated carbocycles. The van der Waals surface area contributed by atoms with Gasteiger partial charge in [-0.3, -0.25) is 0 Å². The minimum absolute atomic E-state index is 0.268. The maximum Gasteiger partial charge on any atom is 0.341 e. The van der Waals surface area contributed by atoms with Gasteiger partial charge in [-0.1, -0.05) is 36.4 Å². The number of benzene rings is 2. The summed E-state index contributed by atoms with van der Waals surface area (Å²) >= 11 is 0. The smallest absolute Gasteiger partial charge is 0.341 e. The van der Waals surface area contributed by atoms with Crippen molar-refractivity contribution in [1.29, 1.82) is 0 Å². The lowest BCUT2D eigenvalue weighted by atomic mass is 10.2. The Morgan fingerprint density at radius 1 is 1.00 bits per heavy atom. The lowest BCUT2D eigenvalue weighted by Crippen LogP contribution is -2.11. The second-order valence-electron chi connectivity index (χ2n) is 5.36. The molecule has 0 unspecified atom stereocenters. The molecule has 1 N–H and O–H groups in total. The molecule has 3 rings (SSSR count). The molecule has 1 aromatic heterocycles. The third kappa shape index (κ3) is 3.63. The third-order valence-corrected chi connectivity index (χ3v) is 3.53. The summed E-state index contributed by atoms with van der Waals surface area (Å²) in [5.41, 5.74) is 2.51. The van der Waals surface area contributed by atoms with E-state index in [4.69, 9.17) is 14.6 Å². The van der Waals surface area contributed by atoms with E-state index < -0.39 is 5.97 Å². The summed E-state index contributed by atoms with van der Waals surface area (Å²) in [4.78, 5) is 15.2. The maximum atomic E-state index is 10.7. The molecule has 0 atom stereocenters. The lowest BCUT2D eigenvalue weighted by Gasteiger charge is -2.12. The highest BCUT2D eigenvalue weighted by Crippen LogP contribution is 2.26. The molecule has 0 spiro atoms. The van der Waals surface area contributed by atoms with E-state index in [1.54, 1.807) is 12.1 Å². The van der Waals surface area contributed by atoms with Crippen molar-refractivity contribution in [2.45, 2.75) is 13.5 Å². The van der Waals surface area contributed by atoms with E-state index in [0.717, 1.165) is 22.2 Å². The Labute approximate surface area is 139 Å². The SMILES string of the molecule is Cc1ccc2cccc(OCc3ccccc3OCC(=O)O)c2n1. The molecule has 0 bridgehead atoms. The van der Waals surface area contributed by atoms with Gasteiger partial charge in [0.15, 0.2) is 6.61 Å². The van der Waals surface area contributed by atoms with Crippen molar-refractivity contribution in [3.05, 3.63) is 65.9 Å². The zero-order valence-electron chi connectivity index (χ0n) is 13.2. The fourth-order valence-electron chi connectivity index (χ4n) is 2.39. The van der Waals surface area contributed by atoms with Crippen molar-refractivity contribution in [2.24, 2.45) is 0 Å². The van der Waals surface area contributed by atoms with Gasteiger partial charge < -0.3 is 14.6 Å². The fraction of sp³-hybridized carbons (Fsp3) is 0.158. The summed E-state index contributed by atoms with van der Waals surface area (Å²) < 4.78 is 11.2. The Morgan fingerprint density at radius 2 is 1.79 bits per heavy atom. The van der Waals surface area contributed by atoms with Crippen LogP contribution in [0.5, 0.6) is 11.5 Å². The van der Waals surface area contributed by atoms with Crippen LogP contribution in [0.15, 0.2) is 54.6 Å². The van der Waals surface area contributed by atoms with Gasteiger partial charge >= 0.3 is 5.97 Å². The molecule has 0 aliphatic rings. The topological polar surface area (TPSA) is 68.7 Å². The number of nitrogens with zero attached hydrogens (tertiary/aromatic N) is 1. The molecule has 0 radical (unpaired) electrons. The van der Waals surface area contributed by atoms with E-state index in [1.807, 2.05) is 49.4 Å². The van der Waals surface area contributed by atoms with Gasteiger partial charge in [0, 0.05) is 16.6 Å². The molecular weight excluding hydrogens is 306 g/mol. The standard InChI is InChI=1S/C19H17NO4/c1-13-9-10-14-6-4-8-17(19(14)20-13)23-11-15-5-2-3-7-16(15)24-12-18(21)22/h2-10H,11-12H2,1H3,(H,21,22). The highest BCUT2D eigenvalue weighted by molar-refractivity contribution is 5.84. The van der Waals surface area contributed by atoms with Gasteiger partial charge in [0.1, 0.15) is 23.6 Å². The Kier molecular flexibility index (Phi) is 4.61. The van der Waals surface area contributed by atoms with Gasteiger partial charge in [-0.25, -0.2) is 9.78 Å². The van der Waals surface area contributed by atoms with Crippen molar-refractivity contribution in [3.63, 3.8) is 0 Å². The molecule has 1 heterocycles. The number of ether oxygens (including phenoxy) is 2. The molecule has 0 aliphatic heterocycles. The molecule has 24 heavy (non-hydrogen) atoms. The summed E-state index contributed by atoms with van der Waals surface area (Å²) in [6, 6.07) is 17.0. The van der Waals surface area contributed by atoms with E-state index >= 15 is 0 Å². The maximum absolute atomic E-state index is 10.7. The van der Waals surface area contributed by atoms with Gasteiger partial charge in [0.05, 0.1) is 0 Å². The van der Waals surface area contributed by atoms with Crippen LogP contribution in [-0.2, 0) is 11.4 Å². The summed E-state index contributed by atoms with van der Waals surface area (Å²) in [6.07, 6.45) is 0. The minimum Gasteiger partial charge on any atom is -0.486 e. The van der Waals surface area contributed by atoms with Gasteiger partial charge in [-0.05, 0) is 25.1 Å². The van der Waals surface area contributed by atoms with Crippen LogP contribution in [0, 0.1) is 6.92 Å². The number of hydrogen-bond donors (Lipinski definition) is 1. The molecular formula is C19H17NO4. The number of carbonyl (C=O) groups is 1. The number of rotatable bonds is 6. The number of aliphatic carboxylic acids is 1. The predicted octanol–water partition coefficient (Wildman–Crippen LogP) is 3.59. The van der Waals surface area contributed by atoms with Gasteiger partial charge in [0.2, 0.25) is 0 Å². The number of para-hydroxylation sites is 2. The number of hydrogen-bond acceptors (Lipinski definition) is 4. The molecule has 3 aromatic rings. The van der Waals surface area contributed by atoms with Crippen molar-refractivity contribution in [1.82, 2.24) is 4.98 Å². The molecule has 0 saturated heterocycles. The summed E-state index contributed by atoms with van der Waals surface area (Å²) in [7, 11) is 0. The Morgan fingerprint density at radius 3 is 2.62 bits per heavy atom. The second-order valence-corrected chi connectivity index (χ2v) is 5.36. The van der Waals surface area contributed by atoms with Crippen LogP contribution >= 0.6 is 0 Å². The van der Waals surface area contributed by atoms with Crippen LogP contribution in [0.2, 0.25) is 0 Å². The molecule has 5 heteroatoms. The van der Waals surface area contributed by atoms with Crippen LogP contribution < -0.4 is 9.47 Å². The van der Waals surface area contributed by atoms with Crippen molar-refractivity contribution < 1.29 is 19.4 Å². The largest absolute Gasteiger partial charge is 0.486 e. The average molecular weight is 323 g/mol. The first-order valence-electron chi connectivity index (χ1n) is 7.55. The molecule has 0 amide bonds. The first-order chi connectivity index (χ1) is 11.6. The van der Waals surface area contributed by atoms with Gasteiger partial charge in [-0.2, -0.15) is 0 Å². The average Bonchev–Trinajstić information content (AvgIpc) is 2.58. The highest BCUT2D eigenvalue weighted by atomic mass is 16.5. The quantitative estimate of drug-likeness (QED) is 0.751. The molecule has 2 aromatic carbocycles. The molecule has 0 aliphatic carbocycles. The highest BCUT2D eigenvalue weighted by Gasteiger charge is 2.08. The van der Waals surface area contributed by atoms with E-state index in [2.05, 4.69) is 4.98 Å². The fourth-order valence-corrected chi connectivity index (χ4v) is 2.39. The van der Waals surface area contributed by atoms with E-state index in [9.17, 15) is 4.79 Å². The number of carboxylic acids is 1. The third-order valence-electron chi connectivity index (χ3n) is 3.53. The van der Waals surface area contributed by atoms with Crippen LogP contribution in [0.1, 0.15) is 11.3 Å². The lowest BCUT2D eigenvalue weighted by molar-refractivity contribution is -0.139. The summed E-state index contributed by atoms with van der Waals surface area (Å²) in [5, 5.41) is 9.76. The van der Waals surface area contributed by atoms with Crippen LogP contribution in [-0.4, -0.2) is 22.7 Å². The van der Waals surface area contributed by atoms with Crippen LogP contribution in [0.4, 0.5) is 0 Å². The number of pyridine rings is 1. The zero-order valence-corrected chi connectivity index (χ0v) is 13.2. The van der Waals surface area contributed by atoms with Crippen molar-refractivity contribution in [2.75, 3.05) is 6.61 Å². The monoisotopic (exact) mass is 323 g/mol. The summed E-state index contributed by atoms with van der Waals surface area (Å²) in [6.45, 7) is 1.82. The van der Waals surface area contributed by atoms with Crippen molar-refractivity contribution in [3.8, 4) is 11.5 Å². The van der Waals surface area contributed by atoms with E-state index in [0.29, 0.717) is 11.5 Å². The summed E-state index contributed by atoms with van der Waals surface area (Å²) in [5.74, 6) is 0.174. The Bertz CT molecular complexity index is 876. The molecule has 122 valence electrons. The Balaban J connectivity index is 1.81. The van der Waals surface area contributed by atoms with Crippen LogP contribution in [0.25, 0.3) is 10.9 Å². The van der Waals surface area contributed by atoms with Gasteiger partial charge in [0.25, 0.3) is 0 Å². The van der Waals surface area contributed by atoms with E-state index in [-0.39, 0.29) is 13.2 Å². The number of fused-ring (bicyclic) bond motifs is 1. The second kappa shape index (κ2) is 7.00. The zero-order chi connectivity index (χ0) is 16.9. The van der Waals surface area contributed by atoms with E-state index in [1.165, 1.54) is 0 Å². The minimum atomic E-state index is -1.01. The number of aryl methyl sites for hydroxylation is 1. The molecule has 0 fully saturated rings. The molecule has 5 nitrogen and oxygen atoms in total.